The summed E-state index contributed by atoms with van der Waals surface area (Å²) in [6.45, 7) is 1.98. The van der Waals surface area contributed by atoms with Crippen LogP contribution >= 0.6 is 38.6 Å². The number of fused-ring (bicyclic) bond motifs is 1. The van der Waals surface area contributed by atoms with Crippen LogP contribution in [0.5, 0.6) is 11.5 Å². The van der Waals surface area contributed by atoms with Gasteiger partial charge in [-0.3, -0.25) is 0 Å². The van der Waals surface area contributed by atoms with E-state index in [1.165, 1.54) is 0 Å². The first kappa shape index (κ1) is 12.4. The minimum atomic E-state index is 0.594. The number of thiophene rings is 1. The van der Waals surface area contributed by atoms with E-state index in [0.29, 0.717) is 13.2 Å². The summed E-state index contributed by atoms with van der Waals surface area (Å²) in [6, 6.07) is 0. The largest absolute Gasteiger partial charge is 0.484 e. The molecular weight excluding hydrogens is 336 g/mol. The third kappa shape index (κ3) is 2.16. The molecule has 0 aromatic carbocycles. The molecule has 0 aliphatic carbocycles. The molecule has 0 amide bonds. The molecule has 2 aromatic heterocycles. The van der Waals surface area contributed by atoms with E-state index in [1.54, 1.807) is 22.7 Å². The maximum Gasteiger partial charge on any atom is 0.187 e. The van der Waals surface area contributed by atoms with Crippen molar-refractivity contribution in [2.45, 2.75) is 6.54 Å². The molecule has 3 heterocycles. The van der Waals surface area contributed by atoms with Crippen LogP contribution in [0, 0.1) is 0 Å². The summed E-state index contributed by atoms with van der Waals surface area (Å²) in [5.74, 6) is 1.63. The van der Waals surface area contributed by atoms with Crippen LogP contribution in [0.15, 0.2) is 9.17 Å². The van der Waals surface area contributed by atoms with Gasteiger partial charge in [0.25, 0.3) is 0 Å². The molecule has 2 aromatic rings. The van der Waals surface area contributed by atoms with Crippen molar-refractivity contribution in [3.05, 3.63) is 14.2 Å². The van der Waals surface area contributed by atoms with Gasteiger partial charge < -0.3 is 14.8 Å². The van der Waals surface area contributed by atoms with Gasteiger partial charge in [-0.05, 0) is 23.0 Å². The van der Waals surface area contributed by atoms with Gasteiger partial charge in [0, 0.05) is 11.9 Å². The summed E-state index contributed by atoms with van der Waals surface area (Å²) >= 11 is 6.77. The highest BCUT2D eigenvalue weighted by Crippen LogP contribution is 2.51. The van der Waals surface area contributed by atoms with E-state index in [1.807, 2.05) is 7.05 Å². The van der Waals surface area contributed by atoms with Gasteiger partial charge >= 0.3 is 0 Å². The number of rotatable bonds is 3. The number of hydrogen-bond donors (Lipinski definition) is 1. The van der Waals surface area contributed by atoms with Gasteiger partial charge in [0.15, 0.2) is 11.5 Å². The number of nitrogens with one attached hydrogen (secondary N) is 1. The fourth-order valence-electron chi connectivity index (χ4n) is 1.73. The summed E-state index contributed by atoms with van der Waals surface area (Å²) in [5.41, 5.74) is 0.961. The molecule has 1 aliphatic heterocycles. The molecule has 0 fully saturated rings. The van der Waals surface area contributed by atoms with E-state index in [4.69, 9.17) is 9.47 Å². The van der Waals surface area contributed by atoms with Crippen LogP contribution in [0.2, 0.25) is 0 Å². The van der Waals surface area contributed by atoms with Crippen molar-refractivity contribution < 1.29 is 9.47 Å². The van der Waals surface area contributed by atoms with Crippen molar-refractivity contribution in [3.63, 3.8) is 0 Å². The lowest BCUT2D eigenvalue weighted by molar-refractivity contribution is 0.173. The van der Waals surface area contributed by atoms with Crippen molar-refractivity contribution >= 4 is 38.6 Å². The zero-order valence-corrected chi connectivity index (χ0v) is 12.9. The van der Waals surface area contributed by atoms with Crippen LogP contribution in [0.25, 0.3) is 10.6 Å². The molecular formula is C11H11BrN2O2S2. The Morgan fingerprint density at radius 1 is 1.39 bits per heavy atom. The predicted molar refractivity (Wildman–Crippen MR) is 76.9 cm³/mol. The monoisotopic (exact) mass is 346 g/mol. The standard InChI is InChI=1S/C11H11BrN2O2S2/c1-13-4-7-14-6(5-17-7)10-8-9(11(12)18-10)16-3-2-15-8/h5,13H,2-4H2,1H3. The van der Waals surface area contributed by atoms with Gasteiger partial charge in [-0.1, -0.05) is 0 Å². The van der Waals surface area contributed by atoms with E-state index in [-0.39, 0.29) is 0 Å². The van der Waals surface area contributed by atoms with Gasteiger partial charge in [0.1, 0.15) is 26.9 Å². The quantitative estimate of drug-likeness (QED) is 0.927. The smallest absolute Gasteiger partial charge is 0.187 e. The Bertz CT molecular complexity index is 567. The number of hydrogen-bond acceptors (Lipinski definition) is 6. The van der Waals surface area contributed by atoms with E-state index >= 15 is 0 Å². The molecule has 0 unspecified atom stereocenters. The van der Waals surface area contributed by atoms with Crippen LogP contribution in [0.1, 0.15) is 5.01 Å². The molecule has 96 valence electrons. The Hall–Kier alpha value is -0.630. The highest BCUT2D eigenvalue weighted by molar-refractivity contribution is 9.11. The Morgan fingerprint density at radius 3 is 2.94 bits per heavy atom. The summed E-state index contributed by atoms with van der Waals surface area (Å²) < 4.78 is 12.3. The highest BCUT2D eigenvalue weighted by Gasteiger charge is 2.25. The molecule has 1 aliphatic rings. The molecule has 3 rings (SSSR count). The predicted octanol–water partition coefficient (Wildman–Crippen LogP) is 3.12. The van der Waals surface area contributed by atoms with Crippen molar-refractivity contribution in [3.8, 4) is 22.1 Å². The van der Waals surface area contributed by atoms with Crippen molar-refractivity contribution in [1.29, 1.82) is 0 Å². The number of ether oxygens (including phenoxy) is 2. The highest BCUT2D eigenvalue weighted by atomic mass is 79.9. The summed E-state index contributed by atoms with van der Waals surface area (Å²) in [4.78, 5) is 5.64. The molecule has 0 bridgehead atoms. The van der Waals surface area contributed by atoms with E-state index in [0.717, 1.165) is 37.4 Å². The second kappa shape index (κ2) is 5.16. The average molecular weight is 347 g/mol. The number of aromatic nitrogens is 1. The van der Waals surface area contributed by atoms with Crippen LogP contribution < -0.4 is 14.8 Å². The lowest BCUT2D eigenvalue weighted by Crippen LogP contribution is -2.14. The first-order chi connectivity index (χ1) is 8.79. The molecule has 0 radical (unpaired) electrons. The third-order valence-corrected chi connectivity index (χ3v) is 5.13. The first-order valence-electron chi connectivity index (χ1n) is 5.47. The number of nitrogens with zero attached hydrogens (tertiary/aromatic N) is 1. The number of thiazole rings is 1. The molecule has 0 saturated heterocycles. The molecule has 4 nitrogen and oxygen atoms in total. The maximum atomic E-state index is 5.70. The summed E-state index contributed by atoms with van der Waals surface area (Å²) in [6.07, 6.45) is 0. The normalized spacial score (nSPS) is 13.9. The van der Waals surface area contributed by atoms with Gasteiger partial charge in [-0.2, -0.15) is 0 Å². The van der Waals surface area contributed by atoms with E-state index in [9.17, 15) is 0 Å². The minimum absolute atomic E-state index is 0.594. The Morgan fingerprint density at radius 2 is 2.17 bits per heavy atom. The summed E-state index contributed by atoms with van der Waals surface area (Å²) in [5, 5.41) is 6.23. The van der Waals surface area contributed by atoms with E-state index in [2.05, 4.69) is 31.6 Å². The van der Waals surface area contributed by atoms with Gasteiger partial charge in [0.05, 0.1) is 5.69 Å². The van der Waals surface area contributed by atoms with Crippen molar-refractivity contribution in [2.24, 2.45) is 0 Å². The maximum absolute atomic E-state index is 5.70. The van der Waals surface area contributed by atoms with Crippen LogP contribution in [-0.2, 0) is 6.54 Å². The lowest BCUT2D eigenvalue weighted by Gasteiger charge is -2.15. The molecule has 0 atom stereocenters. The topological polar surface area (TPSA) is 43.4 Å². The van der Waals surface area contributed by atoms with Crippen LogP contribution in [0.4, 0.5) is 0 Å². The average Bonchev–Trinajstić information content (AvgIpc) is 2.96. The van der Waals surface area contributed by atoms with Crippen molar-refractivity contribution in [1.82, 2.24) is 10.3 Å². The van der Waals surface area contributed by atoms with Crippen molar-refractivity contribution in [2.75, 3.05) is 20.3 Å². The minimum Gasteiger partial charge on any atom is -0.484 e. The lowest BCUT2D eigenvalue weighted by atomic mass is 10.3. The summed E-state index contributed by atoms with van der Waals surface area (Å²) in [7, 11) is 1.92. The Kier molecular flexibility index (Phi) is 3.56. The zero-order valence-electron chi connectivity index (χ0n) is 9.66. The Balaban J connectivity index is 2.00. The second-order valence-electron chi connectivity index (χ2n) is 3.72. The SMILES string of the molecule is CNCc1nc(-c2sc(Br)c3c2OCCO3)cs1. The third-order valence-electron chi connectivity index (χ3n) is 2.47. The molecule has 1 N–H and O–H groups in total. The zero-order chi connectivity index (χ0) is 12.5. The second-order valence-corrected chi connectivity index (χ2v) is 7.00. The molecule has 7 heteroatoms. The fourth-order valence-corrected chi connectivity index (χ4v) is 4.26. The van der Waals surface area contributed by atoms with Crippen LogP contribution in [0.3, 0.4) is 0 Å². The van der Waals surface area contributed by atoms with Gasteiger partial charge in [0.2, 0.25) is 0 Å². The van der Waals surface area contributed by atoms with Gasteiger partial charge in [-0.15, -0.1) is 22.7 Å². The molecule has 0 spiro atoms. The first-order valence-corrected chi connectivity index (χ1v) is 7.95. The van der Waals surface area contributed by atoms with E-state index < -0.39 is 0 Å². The Labute approximate surface area is 121 Å². The van der Waals surface area contributed by atoms with Crippen LogP contribution in [-0.4, -0.2) is 25.2 Å². The van der Waals surface area contributed by atoms with Gasteiger partial charge in [-0.25, -0.2) is 4.98 Å². The number of halogens is 1. The molecule has 18 heavy (non-hydrogen) atoms. The fraction of sp³-hybridized carbons (Fsp3) is 0.364. The molecule has 0 saturated carbocycles.